The van der Waals surface area contributed by atoms with Gasteiger partial charge in [0.25, 0.3) is 0 Å². The topological polar surface area (TPSA) is 52.8 Å². The third-order valence-corrected chi connectivity index (χ3v) is 3.45. The fourth-order valence-corrected chi connectivity index (χ4v) is 2.66. The lowest BCUT2D eigenvalue weighted by molar-refractivity contribution is 0.458. The maximum Gasteiger partial charge on any atom is 0.224 e. The van der Waals surface area contributed by atoms with E-state index in [1.807, 2.05) is 58.9 Å². The molecule has 0 aliphatic carbocycles. The Hall–Kier alpha value is -2.69. The summed E-state index contributed by atoms with van der Waals surface area (Å²) in [6, 6.07) is 9.92. The van der Waals surface area contributed by atoms with Crippen LogP contribution in [0.4, 0.5) is 0 Å². The van der Waals surface area contributed by atoms with Gasteiger partial charge < -0.3 is 4.74 Å². The molecule has 0 unspecified atom stereocenters. The molecule has 2 heterocycles. The first kappa shape index (κ1) is 15.2. The van der Waals surface area contributed by atoms with Gasteiger partial charge in [-0.2, -0.15) is 10.1 Å². The highest BCUT2D eigenvalue weighted by molar-refractivity contribution is 5.37. The van der Waals surface area contributed by atoms with Gasteiger partial charge in [0.1, 0.15) is 11.6 Å². The summed E-state index contributed by atoms with van der Waals surface area (Å²) in [4.78, 5) is 8.84. The molecule has 3 aromatic rings. The van der Waals surface area contributed by atoms with Crippen molar-refractivity contribution in [3.63, 3.8) is 0 Å². The third-order valence-electron chi connectivity index (χ3n) is 3.45. The number of aromatic nitrogens is 4. The van der Waals surface area contributed by atoms with Crippen LogP contribution >= 0.6 is 0 Å². The molecule has 2 aromatic heterocycles. The van der Waals surface area contributed by atoms with Crippen LogP contribution in [-0.4, -0.2) is 19.7 Å². The lowest BCUT2D eigenvalue weighted by Gasteiger charge is -2.10. The molecule has 0 saturated heterocycles. The molecular formula is C18H20N4O. The molecule has 0 aliphatic rings. The summed E-state index contributed by atoms with van der Waals surface area (Å²) < 4.78 is 7.74. The second kappa shape index (κ2) is 5.83. The van der Waals surface area contributed by atoms with E-state index in [2.05, 4.69) is 21.1 Å². The largest absolute Gasteiger partial charge is 0.439 e. The van der Waals surface area contributed by atoms with E-state index in [-0.39, 0.29) is 0 Å². The van der Waals surface area contributed by atoms with Crippen molar-refractivity contribution >= 4 is 0 Å². The van der Waals surface area contributed by atoms with E-state index in [0.29, 0.717) is 17.5 Å². The Morgan fingerprint density at radius 1 is 0.826 bits per heavy atom. The van der Waals surface area contributed by atoms with E-state index in [1.165, 1.54) is 0 Å². The molecule has 0 radical (unpaired) electrons. The summed E-state index contributed by atoms with van der Waals surface area (Å²) in [5, 5.41) is 4.47. The monoisotopic (exact) mass is 308 g/mol. The fourth-order valence-electron chi connectivity index (χ4n) is 2.66. The van der Waals surface area contributed by atoms with Crippen molar-refractivity contribution in [3.05, 3.63) is 58.7 Å². The summed E-state index contributed by atoms with van der Waals surface area (Å²) in [7, 11) is 0. The Morgan fingerprint density at radius 3 is 2.13 bits per heavy atom. The van der Waals surface area contributed by atoms with Gasteiger partial charge in [0.2, 0.25) is 5.88 Å². The summed E-state index contributed by atoms with van der Waals surface area (Å²) in [5.41, 5.74) is 4.29. The predicted molar refractivity (Wildman–Crippen MR) is 89.4 cm³/mol. The average Bonchev–Trinajstić information content (AvgIpc) is 2.75. The smallest absolute Gasteiger partial charge is 0.224 e. The third kappa shape index (κ3) is 3.39. The fraction of sp³-hybridized carbons (Fsp3) is 0.278. The SMILES string of the molecule is Cc1cc(C)cc(Oc2cc(-n3nc(C)cc3C)nc(C)n2)c1. The first-order chi connectivity index (χ1) is 10.9. The van der Waals surface area contributed by atoms with Crippen LogP contribution < -0.4 is 4.74 Å². The van der Waals surface area contributed by atoms with E-state index in [0.717, 1.165) is 28.3 Å². The van der Waals surface area contributed by atoms with Crippen molar-refractivity contribution in [2.45, 2.75) is 34.6 Å². The highest BCUT2D eigenvalue weighted by Crippen LogP contribution is 2.24. The molecule has 5 heteroatoms. The van der Waals surface area contributed by atoms with Crippen LogP contribution in [-0.2, 0) is 0 Å². The molecular weight excluding hydrogens is 288 g/mol. The lowest BCUT2D eigenvalue weighted by atomic mass is 10.1. The zero-order valence-electron chi connectivity index (χ0n) is 14.1. The maximum absolute atomic E-state index is 5.94. The van der Waals surface area contributed by atoms with E-state index in [4.69, 9.17) is 4.74 Å². The van der Waals surface area contributed by atoms with Crippen LogP contribution in [0.15, 0.2) is 30.3 Å². The number of hydrogen-bond acceptors (Lipinski definition) is 4. The Balaban J connectivity index is 1.99. The number of hydrogen-bond donors (Lipinski definition) is 0. The first-order valence-corrected chi connectivity index (χ1v) is 7.56. The van der Waals surface area contributed by atoms with Gasteiger partial charge in [-0.15, -0.1) is 0 Å². The summed E-state index contributed by atoms with van der Waals surface area (Å²) in [6.45, 7) is 9.91. The van der Waals surface area contributed by atoms with Crippen molar-refractivity contribution in [1.29, 1.82) is 0 Å². The molecule has 0 N–H and O–H groups in total. The summed E-state index contributed by atoms with van der Waals surface area (Å²) in [5.74, 6) is 2.65. The molecule has 0 spiro atoms. The normalized spacial score (nSPS) is 10.8. The minimum Gasteiger partial charge on any atom is -0.439 e. The van der Waals surface area contributed by atoms with Gasteiger partial charge in [0, 0.05) is 11.8 Å². The van der Waals surface area contributed by atoms with E-state index in [9.17, 15) is 0 Å². The van der Waals surface area contributed by atoms with Gasteiger partial charge >= 0.3 is 0 Å². The second-order valence-electron chi connectivity index (χ2n) is 5.88. The Labute approximate surface area is 136 Å². The quantitative estimate of drug-likeness (QED) is 0.734. The predicted octanol–water partition coefficient (Wildman–Crippen LogP) is 4.00. The standard InChI is InChI=1S/C18H20N4O/c1-11-6-12(2)8-16(7-11)23-18-10-17(19-15(5)20-18)22-14(4)9-13(3)21-22/h6-10H,1-5H3. The Bertz CT molecular complexity index is 847. The van der Waals surface area contributed by atoms with Crippen LogP contribution in [0.1, 0.15) is 28.3 Å². The van der Waals surface area contributed by atoms with Crippen molar-refractivity contribution in [2.24, 2.45) is 0 Å². The first-order valence-electron chi connectivity index (χ1n) is 7.56. The minimum absolute atomic E-state index is 0.519. The van der Waals surface area contributed by atoms with Crippen LogP contribution in [0.2, 0.25) is 0 Å². The van der Waals surface area contributed by atoms with E-state index < -0.39 is 0 Å². The molecule has 0 aliphatic heterocycles. The number of rotatable bonds is 3. The van der Waals surface area contributed by atoms with Crippen molar-refractivity contribution < 1.29 is 4.74 Å². The van der Waals surface area contributed by atoms with Crippen molar-refractivity contribution in [1.82, 2.24) is 19.7 Å². The molecule has 0 bridgehead atoms. The minimum atomic E-state index is 0.519. The molecule has 23 heavy (non-hydrogen) atoms. The summed E-state index contributed by atoms with van der Waals surface area (Å²) in [6.07, 6.45) is 0. The van der Waals surface area contributed by atoms with Gasteiger partial charge in [0.05, 0.1) is 5.69 Å². The van der Waals surface area contributed by atoms with Crippen molar-refractivity contribution in [2.75, 3.05) is 0 Å². The van der Waals surface area contributed by atoms with Gasteiger partial charge in [-0.25, -0.2) is 9.67 Å². The maximum atomic E-state index is 5.94. The zero-order valence-corrected chi connectivity index (χ0v) is 14.1. The van der Waals surface area contributed by atoms with Gasteiger partial charge in [-0.1, -0.05) is 6.07 Å². The zero-order chi connectivity index (χ0) is 16.6. The molecule has 3 rings (SSSR count). The number of aryl methyl sites for hydroxylation is 5. The molecule has 1 aromatic carbocycles. The van der Waals surface area contributed by atoms with Gasteiger partial charge in [-0.05, 0) is 63.9 Å². The number of benzene rings is 1. The van der Waals surface area contributed by atoms with Gasteiger partial charge in [0.15, 0.2) is 5.82 Å². The second-order valence-corrected chi connectivity index (χ2v) is 5.88. The van der Waals surface area contributed by atoms with E-state index in [1.54, 1.807) is 4.68 Å². The van der Waals surface area contributed by atoms with Gasteiger partial charge in [-0.3, -0.25) is 0 Å². The molecule has 0 atom stereocenters. The van der Waals surface area contributed by atoms with Crippen molar-refractivity contribution in [3.8, 4) is 17.4 Å². The van der Waals surface area contributed by atoms with Crippen LogP contribution in [0.25, 0.3) is 5.82 Å². The molecule has 0 saturated carbocycles. The van der Waals surface area contributed by atoms with E-state index >= 15 is 0 Å². The lowest BCUT2D eigenvalue weighted by Crippen LogP contribution is -2.05. The highest BCUT2D eigenvalue weighted by atomic mass is 16.5. The molecule has 5 nitrogen and oxygen atoms in total. The van der Waals surface area contributed by atoms with Crippen LogP contribution in [0.3, 0.4) is 0 Å². The molecule has 0 amide bonds. The van der Waals surface area contributed by atoms with Crippen LogP contribution in [0, 0.1) is 34.6 Å². The summed E-state index contributed by atoms with van der Waals surface area (Å²) >= 11 is 0. The van der Waals surface area contributed by atoms with Crippen LogP contribution in [0.5, 0.6) is 11.6 Å². The number of ether oxygens (including phenoxy) is 1. The Kier molecular flexibility index (Phi) is 3.86. The average molecular weight is 308 g/mol. The number of nitrogens with zero attached hydrogens (tertiary/aromatic N) is 4. The highest BCUT2D eigenvalue weighted by Gasteiger charge is 2.10. The molecule has 0 fully saturated rings. The Morgan fingerprint density at radius 2 is 1.52 bits per heavy atom. The molecule has 118 valence electrons.